The summed E-state index contributed by atoms with van der Waals surface area (Å²) in [7, 11) is 0. The lowest BCUT2D eigenvalue weighted by molar-refractivity contribution is -0.384. The highest BCUT2D eigenvalue weighted by Crippen LogP contribution is 2.34. The lowest BCUT2D eigenvalue weighted by Crippen LogP contribution is -2.25. The van der Waals surface area contributed by atoms with E-state index in [0.717, 1.165) is 19.5 Å². The van der Waals surface area contributed by atoms with E-state index in [1.54, 1.807) is 11.6 Å². The highest BCUT2D eigenvalue weighted by molar-refractivity contribution is 5.61. The van der Waals surface area contributed by atoms with Crippen LogP contribution in [-0.4, -0.2) is 34.3 Å². The first-order chi connectivity index (χ1) is 8.58. The summed E-state index contributed by atoms with van der Waals surface area (Å²) in [4.78, 5) is 12.9. The number of nitro groups is 1. The molecule has 0 bridgehead atoms. The van der Waals surface area contributed by atoms with Crippen LogP contribution in [0.4, 0.5) is 11.5 Å². The van der Waals surface area contributed by atoms with Crippen molar-refractivity contribution in [3.63, 3.8) is 0 Å². The summed E-state index contributed by atoms with van der Waals surface area (Å²) in [5.74, 6) is 1.06. The minimum absolute atomic E-state index is 0.134. The van der Waals surface area contributed by atoms with E-state index in [0.29, 0.717) is 30.5 Å². The third kappa shape index (κ3) is 2.05. The molecule has 1 fully saturated rings. The van der Waals surface area contributed by atoms with Gasteiger partial charge in [0.1, 0.15) is 5.69 Å². The zero-order valence-electron chi connectivity index (χ0n) is 10.8. The van der Waals surface area contributed by atoms with E-state index >= 15 is 0 Å². The summed E-state index contributed by atoms with van der Waals surface area (Å²) in [6.07, 6.45) is 0.988. The van der Waals surface area contributed by atoms with Crippen LogP contribution in [0.25, 0.3) is 0 Å². The molecule has 0 aromatic carbocycles. The van der Waals surface area contributed by atoms with Gasteiger partial charge in [-0.1, -0.05) is 0 Å². The lowest BCUT2D eigenvalue weighted by Gasteiger charge is -2.18. The Kier molecular flexibility index (Phi) is 3.51. The fourth-order valence-electron chi connectivity index (χ4n) is 2.52. The number of aryl methyl sites for hydroxylation is 2. The molecule has 0 spiro atoms. The average Bonchev–Trinajstić information content (AvgIpc) is 2.91. The number of hydrogen-bond donors (Lipinski definition) is 1. The number of nitrogens with zero attached hydrogens (tertiary/aromatic N) is 4. The van der Waals surface area contributed by atoms with Crippen LogP contribution in [0.2, 0.25) is 0 Å². The van der Waals surface area contributed by atoms with E-state index < -0.39 is 0 Å². The van der Waals surface area contributed by atoms with Gasteiger partial charge in [0.25, 0.3) is 0 Å². The molecule has 18 heavy (non-hydrogen) atoms. The molecule has 0 aliphatic carbocycles. The second kappa shape index (κ2) is 4.93. The van der Waals surface area contributed by atoms with Gasteiger partial charge in [-0.25, -0.2) is 4.68 Å². The molecule has 2 heterocycles. The second-order valence-corrected chi connectivity index (χ2v) is 4.67. The van der Waals surface area contributed by atoms with Gasteiger partial charge in [-0.05, 0) is 32.7 Å². The Bertz CT molecular complexity index is 457. The van der Waals surface area contributed by atoms with Crippen molar-refractivity contribution in [2.75, 3.05) is 24.5 Å². The Labute approximate surface area is 106 Å². The van der Waals surface area contributed by atoms with E-state index in [-0.39, 0.29) is 10.6 Å². The lowest BCUT2D eigenvalue weighted by atomic mass is 10.1. The van der Waals surface area contributed by atoms with Gasteiger partial charge in [-0.3, -0.25) is 10.1 Å². The number of rotatable bonds is 4. The quantitative estimate of drug-likeness (QED) is 0.636. The van der Waals surface area contributed by atoms with Crippen LogP contribution in [0.3, 0.4) is 0 Å². The molecule has 7 nitrogen and oxygen atoms in total. The fourth-order valence-corrected chi connectivity index (χ4v) is 2.52. The first kappa shape index (κ1) is 12.8. The maximum atomic E-state index is 11.2. The Morgan fingerprint density at radius 2 is 2.33 bits per heavy atom. The molecule has 0 amide bonds. The summed E-state index contributed by atoms with van der Waals surface area (Å²) < 4.78 is 1.71. The van der Waals surface area contributed by atoms with E-state index in [1.807, 2.05) is 11.8 Å². The molecule has 1 aromatic heterocycles. The molecule has 1 aromatic rings. The molecule has 1 saturated heterocycles. The molecule has 0 radical (unpaired) electrons. The standard InChI is InChI=1S/C11H19N5O2/c1-3-15-11(10(16(17)18)8(2)13-15)14-5-4-9(6-12)7-14/h9H,3-7,12H2,1-2H3. The number of nitrogens with two attached hydrogens (primary N) is 1. The largest absolute Gasteiger partial charge is 0.351 e. The van der Waals surface area contributed by atoms with Crippen LogP contribution in [0.15, 0.2) is 0 Å². The van der Waals surface area contributed by atoms with Crippen LogP contribution in [0, 0.1) is 23.0 Å². The summed E-state index contributed by atoms with van der Waals surface area (Å²) in [5.41, 5.74) is 6.28. The molecular formula is C11H19N5O2. The van der Waals surface area contributed by atoms with Crippen molar-refractivity contribution < 1.29 is 4.92 Å². The van der Waals surface area contributed by atoms with E-state index in [9.17, 15) is 10.1 Å². The predicted octanol–water partition coefficient (Wildman–Crippen LogP) is 0.905. The summed E-state index contributed by atoms with van der Waals surface area (Å²) >= 11 is 0. The minimum atomic E-state index is -0.334. The van der Waals surface area contributed by atoms with Crippen LogP contribution < -0.4 is 10.6 Å². The molecule has 2 rings (SSSR count). The third-order valence-corrected chi connectivity index (χ3v) is 3.47. The summed E-state index contributed by atoms with van der Waals surface area (Å²) in [6, 6.07) is 0. The van der Waals surface area contributed by atoms with Gasteiger partial charge in [-0.15, -0.1) is 0 Å². The SMILES string of the molecule is CCn1nc(C)c([N+](=O)[O-])c1N1CCC(CN)C1. The molecule has 7 heteroatoms. The summed E-state index contributed by atoms with van der Waals surface area (Å²) in [6.45, 7) is 6.48. The normalized spacial score (nSPS) is 19.5. The maximum absolute atomic E-state index is 11.2. The van der Waals surface area contributed by atoms with E-state index in [1.165, 1.54) is 0 Å². The van der Waals surface area contributed by atoms with Gasteiger partial charge in [0.05, 0.1) is 4.92 Å². The molecule has 1 aliphatic rings. The highest BCUT2D eigenvalue weighted by Gasteiger charge is 2.32. The van der Waals surface area contributed by atoms with E-state index in [2.05, 4.69) is 5.10 Å². The smallest absolute Gasteiger partial charge is 0.333 e. The van der Waals surface area contributed by atoms with E-state index in [4.69, 9.17) is 5.73 Å². The second-order valence-electron chi connectivity index (χ2n) is 4.67. The van der Waals surface area contributed by atoms with Crippen LogP contribution in [-0.2, 0) is 6.54 Å². The minimum Gasteiger partial charge on any atom is -0.351 e. The highest BCUT2D eigenvalue weighted by atomic mass is 16.6. The van der Waals surface area contributed by atoms with Crippen molar-refractivity contribution in [2.24, 2.45) is 11.7 Å². The predicted molar refractivity (Wildman–Crippen MR) is 68.7 cm³/mol. The third-order valence-electron chi connectivity index (χ3n) is 3.47. The Balaban J connectivity index is 2.39. The van der Waals surface area contributed by atoms with Gasteiger partial charge >= 0.3 is 5.69 Å². The van der Waals surface area contributed by atoms with Gasteiger partial charge in [0.2, 0.25) is 5.82 Å². The van der Waals surface area contributed by atoms with Gasteiger partial charge in [0, 0.05) is 19.6 Å². The molecule has 0 saturated carbocycles. The van der Waals surface area contributed by atoms with Crippen molar-refractivity contribution in [2.45, 2.75) is 26.8 Å². The van der Waals surface area contributed by atoms with Crippen molar-refractivity contribution in [1.82, 2.24) is 9.78 Å². The number of hydrogen-bond acceptors (Lipinski definition) is 5. The first-order valence-corrected chi connectivity index (χ1v) is 6.25. The monoisotopic (exact) mass is 253 g/mol. The summed E-state index contributed by atoms with van der Waals surface area (Å²) in [5, 5.41) is 15.4. The number of aromatic nitrogens is 2. The Hall–Kier alpha value is -1.63. The topological polar surface area (TPSA) is 90.2 Å². The van der Waals surface area contributed by atoms with Crippen LogP contribution in [0.5, 0.6) is 0 Å². The molecule has 2 N–H and O–H groups in total. The molecular weight excluding hydrogens is 234 g/mol. The van der Waals surface area contributed by atoms with Gasteiger partial charge in [0.15, 0.2) is 0 Å². The van der Waals surface area contributed by atoms with Crippen LogP contribution >= 0.6 is 0 Å². The van der Waals surface area contributed by atoms with Gasteiger partial charge < -0.3 is 10.6 Å². The zero-order chi connectivity index (χ0) is 13.3. The van der Waals surface area contributed by atoms with Crippen LogP contribution in [0.1, 0.15) is 19.0 Å². The fraction of sp³-hybridized carbons (Fsp3) is 0.727. The van der Waals surface area contributed by atoms with Crippen molar-refractivity contribution in [3.8, 4) is 0 Å². The Morgan fingerprint density at radius 1 is 1.61 bits per heavy atom. The molecule has 1 unspecified atom stereocenters. The first-order valence-electron chi connectivity index (χ1n) is 6.25. The zero-order valence-corrected chi connectivity index (χ0v) is 10.8. The average molecular weight is 253 g/mol. The molecule has 1 atom stereocenters. The molecule has 1 aliphatic heterocycles. The number of anilines is 1. The molecule has 100 valence electrons. The maximum Gasteiger partial charge on any atom is 0.333 e. The van der Waals surface area contributed by atoms with Crippen molar-refractivity contribution in [3.05, 3.63) is 15.8 Å². The van der Waals surface area contributed by atoms with Gasteiger partial charge in [-0.2, -0.15) is 5.10 Å². The van der Waals surface area contributed by atoms with Crippen molar-refractivity contribution in [1.29, 1.82) is 0 Å². The Morgan fingerprint density at radius 3 is 2.83 bits per heavy atom. The van der Waals surface area contributed by atoms with Crippen molar-refractivity contribution >= 4 is 11.5 Å².